The predicted octanol–water partition coefficient (Wildman–Crippen LogP) is 1.57. The van der Waals surface area contributed by atoms with E-state index >= 15 is 0 Å². The lowest BCUT2D eigenvalue weighted by Gasteiger charge is -2.37. The first kappa shape index (κ1) is 16.2. The van der Waals surface area contributed by atoms with E-state index in [1.54, 1.807) is 11.4 Å². The molecule has 0 aromatic heterocycles. The quantitative estimate of drug-likeness (QED) is 0.740. The average Bonchev–Trinajstić information content (AvgIpc) is 3.26. The summed E-state index contributed by atoms with van der Waals surface area (Å²) < 4.78 is 28.6. The maximum Gasteiger partial charge on any atom is 0.282 e. The molecule has 20 heavy (non-hydrogen) atoms. The predicted molar refractivity (Wildman–Crippen MR) is 81.8 cm³/mol. The fourth-order valence-corrected chi connectivity index (χ4v) is 4.38. The van der Waals surface area contributed by atoms with Crippen LogP contribution in [-0.2, 0) is 10.2 Å². The van der Waals surface area contributed by atoms with Gasteiger partial charge in [0, 0.05) is 38.8 Å². The first-order chi connectivity index (χ1) is 9.55. The van der Waals surface area contributed by atoms with Crippen LogP contribution in [0, 0.1) is 0 Å². The minimum Gasteiger partial charge on any atom is -0.312 e. The summed E-state index contributed by atoms with van der Waals surface area (Å²) >= 11 is 0. The van der Waals surface area contributed by atoms with Crippen LogP contribution in [0.1, 0.15) is 51.9 Å². The molecule has 0 radical (unpaired) electrons. The van der Waals surface area contributed by atoms with Crippen molar-refractivity contribution in [3.05, 3.63) is 0 Å². The maximum atomic E-state index is 12.7. The minimum absolute atomic E-state index is 0.137. The Balaban J connectivity index is 1.96. The van der Waals surface area contributed by atoms with E-state index in [0.717, 1.165) is 38.6 Å². The van der Waals surface area contributed by atoms with Crippen LogP contribution in [0.15, 0.2) is 0 Å². The van der Waals surface area contributed by atoms with Crippen molar-refractivity contribution < 1.29 is 8.42 Å². The van der Waals surface area contributed by atoms with E-state index in [1.807, 2.05) is 0 Å². The van der Waals surface area contributed by atoms with E-state index in [0.29, 0.717) is 19.1 Å². The number of nitrogens with zero attached hydrogens (tertiary/aromatic N) is 2. The molecule has 2 rings (SSSR count). The molecular formula is C14H29N3O2S. The Bertz CT molecular complexity index is 395. The van der Waals surface area contributed by atoms with Gasteiger partial charge < -0.3 is 5.32 Å². The molecule has 0 amide bonds. The number of piperidine rings is 1. The van der Waals surface area contributed by atoms with Gasteiger partial charge in [-0.25, -0.2) is 0 Å². The third-order valence-corrected chi connectivity index (χ3v) is 6.35. The van der Waals surface area contributed by atoms with Gasteiger partial charge in [-0.05, 0) is 32.1 Å². The van der Waals surface area contributed by atoms with Gasteiger partial charge in [-0.3, -0.25) is 0 Å². The molecule has 0 aromatic carbocycles. The zero-order valence-corrected chi connectivity index (χ0v) is 13.7. The van der Waals surface area contributed by atoms with Crippen molar-refractivity contribution in [2.45, 2.75) is 64.0 Å². The first-order valence-corrected chi connectivity index (χ1v) is 9.42. The highest BCUT2D eigenvalue weighted by molar-refractivity contribution is 7.86. The number of hydrogen-bond acceptors (Lipinski definition) is 3. The van der Waals surface area contributed by atoms with Crippen molar-refractivity contribution in [2.24, 2.45) is 0 Å². The molecule has 118 valence electrons. The van der Waals surface area contributed by atoms with Crippen LogP contribution in [0.5, 0.6) is 0 Å². The van der Waals surface area contributed by atoms with E-state index in [-0.39, 0.29) is 6.04 Å². The van der Waals surface area contributed by atoms with Crippen LogP contribution in [0.25, 0.3) is 0 Å². The van der Waals surface area contributed by atoms with Gasteiger partial charge in [0.1, 0.15) is 0 Å². The van der Waals surface area contributed by atoms with E-state index in [4.69, 9.17) is 0 Å². The van der Waals surface area contributed by atoms with Gasteiger partial charge in [-0.15, -0.1) is 0 Å². The molecule has 6 heteroatoms. The third-order valence-electron chi connectivity index (χ3n) is 4.31. The summed E-state index contributed by atoms with van der Waals surface area (Å²) in [6.07, 6.45) is 7.55. The average molecular weight is 303 g/mol. The highest BCUT2D eigenvalue weighted by atomic mass is 32.2. The summed E-state index contributed by atoms with van der Waals surface area (Å²) in [4.78, 5) is 0. The van der Waals surface area contributed by atoms with Crippen molar-refractivity contribution in [1.29, 1.82) is 0 Å². The minimum atomic E-state index is -3.28. The Kier molecular flexibility index (Phi) is 5.84. The number of unbranched alkanes of at least 4 members (excludes halogenated alkanes) is 1. The van der Waals surface area contributed by atoms with Crippen molar-refractivity contribution in [2.75, 3.05) is 26.7 Å². The molecule has 5 nitrogen and oxygen atoms in total. The summed E-state index contributed by atoms with van der Waals surface area (Å²) in [5.74, 6) is 0. The van der Waals surface area contributed by atoms with Gasteiger partial charge in [0.15, 0.2) is 0 Å². The van der Waals surface area contributed by atoms with Gasteiger partial charge >= 0.3 is 0 Å². The van der Waals surface area contributed by atoms with Gasteiger partial charge in [0.2, 0.25) is 0 Å². The van der Waals surface area contributed by atoms with Crippen molar-refractivity contribution >= 4 is 10.2 Å². The fraction of sp³-hybridized carbons (Fsp3) is 1.00. The Hall–Kier alpha value is -0.170. The zero-order chi connectivity index (χ0) is 14.6. The first-order valence-electron chi connectivity index (χ1n) is 8.02. The molecule has 0 spiro atoms. The monoisotopic (exact) mass is 303 g/mol. The standard InChI is InChI=1S/C14H29N3O2S/c1-3-4-10-16(2)20(18,19)17-11-6-5-7-14(17)12-15-13-8-9-13/h13-15H,3-12H2,1-2H3. The largest absolute Gasteiger partial charge is 0.312 e. The lowest BCUT2D eigenvalue weighted by atomic mass is 10.1. The van der Waals surface area contributed by atoms with Crippen LogP contribution in [0.2, 0.25) is 0 Å². The summed E-state index contributed by atoms with van der Waals surface area (Å²) in [5.41, 5.74) is 0. The fourth-order valence-electron chi connectivity index (χ4n) is 2.75. The van der Waals surface area contributed by atoms with E-state index in [2.05, 4.69) is 12.2 Å². The van der Waals surface area contributed by atoms with Crippen LogP contribution in [0.4, 0.5) is 0 Å². The third kappa shape index (κ3) is 4.16. The van der Waals surface area contributed by atoms with Crippen LogP contribution in [0.3, 0.4) is 0 Å². The van der Waals surface area contributed by atoms with Gasteiger partial charge in [0.25, 0.3) is 10.2 Å². The van der Waals surface area contributed by atoms with E-state index in [9.17, 15) is 8.42 Å². The Morgan fingerprint density at radius 3 is 2.65 bits per heavy atom. The van der Waals surface area contributed by atoms with Gasteiger partial charge in [-0.1, -0.05) is 19.8 Å². The summed E-state index contributed by atoms with van der Waals surface area (Å²) in [6.45, 7) is 4.20. The van der Waals surface area contributed by atoms with Crippen LogP contribution < -0.4 is 5.32 Å². The maximum absolute atomic E-state index is 12.7. The van der Waals surface area contributed by atoms with Gasteiger partial charge in [-0.2, -0.15) is 17.0 Å². The van der Waals surface area contributed by atoms with Crippen molar-refractivity contribution in [1.82, 2.24) is 13.9 Å². The molecule has 2 fully saturated rings. The Morgan fingerprint density at radius 1 is 1.25 bits per heavy atom. The molecular weight excluding hydrogens is 274 g/mol. The number of hydrogen-bond donors (Lipinski definition) is 1. The molecule has 1 unspecified atom stereocenters. The molecule has 1 aliphatic heterocycles. The molecule has 1 heterocycles. The topological polar surface area (TPSA) is 52.7 Å². The Labute approximate surface area is 123 Å². The highest BCUT2D eigenvalue weighted by Gasteiger charge is 2.35. The van der Waals surface area contributed by atoms with Crippen LogP contribution in [-0.4, -0.2) is 55.8 Å². The molecule has 1 atom stereocenters. The summed E-state index contributed by atoms with van der Waals surface area (Å²) in [7, 11) is -1.57. The Morgan fingerprint density at radius 2 is 2.00 bits per heavy atom. The lowest BCUT2D eigenvalue weighted by Crippen LogP contribution is -2.53. The normalized spacial score (nSPS) is 25.2. The summed E-state index contributed by atoms with van der Waals surface area (Å²) in [5, 5.41) is 3.49. The van der Waals surface area contributed by atoms with Crippen molar-refractivity contribution in [3.8, 4) is 0 Å². The second-order valence-corrected chi connectivity index (χ2v) is 8.11. The second kappa shape index (κ2) is 7.20. The smallest absolute Gasteiger partial charge is 0.282 e. The molecule has 2 aliphatic rings. The molecule has 1 saturated carbocycles. The van der Waals surface area contributed by atoms with E-state index in [1.165, 1.54) is 17.1 Å². The number of nitrogens with one attached hydrogen (secondary N) is 1. The SMILES string of the molecule is CCCCN(C)S(=O)(=O)N1CCCCC1CNC1CC1. The van der Waals surface area contributed by atoms with Crippen molar-refractivity contribution in [3.63, 3.8) is 0 Å². The van der Waals surface area contributed by atoms with Gasteiger partial charge in [0.05, 0.1) is 0 Å². The molecule has 1 N–H and O–H groups in total. The molecule has 1 aliphatic carbocycles. The van der Waals surface area contributed by atoms with Crippen LogP contribution >= 0.6 is 0 Å². The summed E-state index contributed by atoms with van der Waals surface area (Å²) in [6, 6.07) is 0.776. The molecule has 1 saturated heterocycles. The second-order valence-electron chi connectivity index (χ2n) is 6.13. The zero-order valence-electron chi connectivity index (χ0n) is 12.8. The van der Waals surface area contributed by atoms with E-state index < -0.39 is 10.2 Å². The molecule has 0 bridgehead atoms. The highest BCUT2D eigenvalue weighted by Crippen LogP contribution is 2.24. The lowest BCUT2D eigenvalue weighted by molar-refractivity contribution is 0.229. The number of rotatable bonds is 8. The molecule has 0 aromatic rings.